The highest BCUT2D eigenvalue weighted by molar-refractivity contribution is 7.89. The first-order valence-corrected chi connectivity index (χ1v) is 11.8. The van der Waals surface area contributed by atoms with Crippen LogP contribution < -0.4 is 0 Å². The number of ether oxygens (including phenoxy) is 1. The maximum Gasteiger partial charge on any atom is 0.243 e. The van der Waals surface area contributed by atoms with Gasteiger partial charge in [-0.2, -0.15) is 4.31 Å². The van der Waals surface area contributed by atoms with Crippen LogP contribution in [0.1, 0.15) is 6.92 Å². The zero-order valence-electron chi connectivity index (χ0n) is 17.2. The van der Waals surface area contributed by atoms with Gasteiger partial charge in [0.1, 0.15) is 0 Å². The van der Waals surface area contributed by atoms with E-state index in [9.17, 15) is 8.42 Å². The number of benzene rings is 2. The lowest BCUT2D eigenvalue weighted by Gasteiger charge is -2.34. The fourth-order valence-corrected chi connectivity index (χ4v) is 5.29. The minimum Gasteiger partial charge on any atom is -0.380 e. The molecule has 158 valence electrons. The second-order valence-electron chi connectivity index (χ2n) is 7.37. The molecule has 1 aromatic carbocycles. The van der Waals surface area contributed by atoms with Gasteiger partial charge in [-0.3, -0.25) is 9.88 Å². The normalized spacial score (nSPS) is 16.2. The quantitative estimate of drug-likeness (QED) is 0.444. The van der Waals surface area contributed by atoms with Crippen molar-refractivity contribution in [1.29, 1.82) is 0 Å². The summed E-state index contributed by atoms with van der Waals surface area (Å²) >= 11 is 0. The lowest BCUT2D eigenvalue weighted by molar-refractivity contribution is 0.0979. The van der Waals surface area contributed by atoms with E-state index in [4.69, 9.17) is 4.74 Å². The number of hydrogen-bond acceptors (Lipinski definition) is 5. The first kappa shape index (κ1) is 20.9. The largest absolute Gasteiger partial charge is 0.380 e. The van der Waals surface area contributed by atoms with Crippen LogP contribution in [0, 0.1) is 0 Å². The molecule has 1 aromatic heterocycles. The lowest BCUT2D eigenvalue weighted by Crippen LogP contribution is -2.49. The second-order valence-corrected chi connectivity index (χ2v) is 9.28. The van der Waals surface area contributed by atoms with Crippen LogP contribution in [0.4, 0.5) is 0 Å². The summed E-state index contributed by atoms with van der Waals surface area (Å²) in [5.41, 5.74) is 2.85. The van der Waals surface area contributed by atoms with Crippen LogP contribution in [0.2, 0.25) is 0 Å². The van der Waals surface area contributed by atoms with Crippen molar-refractivity contribution in [2.24, 2.45) is 0 Å². The van der Waals surface area contributed by atoms with Gasteiger partial charge in [0, 0.05) is 62.5 Å². The Hall–Kier alpha value is -2.32. The second kappa shape index (κ2) is 9.22. The molecular weight excluding hydrogens is 398 g/mol. The summed E-state index contributed by atoms with van der Waals surface area (Å²) in [7, 11) is -3.49. The van der Waals surface area contributed by atoms with Gasteiger partial charge in [0.05, 0.1) is 11.5 Å². The Bertz CT molecular complexity index is 1070. The van der Waals surface area contributed by atoms with Crippen LogP contribution in [0.3, 0.4) is 0 Å². The smallest absolute Gasteiger partial charge is 0.243 e. The maximum atomic E-state index is 13.0. The van der Waals surface area contributed by atoms with Crippen molar-refractivity contribution in [1.82, 2.24) is 14.2 Å². The monoisotopic (exact) mass is 425 g/mol. The molecule has 1 saturated heterocycles. The minimum atomic E-state index is -3.49. The molecule has 0 N–H and O–H groups in total. The average Bonchev–Trinajstić information content (AvgIpc) is 2.77. The van der Waals surface area contributed by atoms with Crippen LogP contribution in [-0.4, -0.2) is 68.5 Å². The Balaban J connectivity index is 0.000000305. The van der Waals surface area contributed by atoms with E-state index in [-0.39, 0.29) is 0 Å². The summed E-state index contributed by atoms with van der Waals surface area (Å²) in [6.07, 6.45) is 3.33. The molecule has 0 radical (unpaired) electrons. The third-order valence-corrected chi connectivity index (χ3v) is 7.52. The molecule has 0 amide bonds. The summed E-state index contributed by atoms with van der Waals surface area (Å²) in [6.45, 7) is 6.72. The number of rotatable bonds is 6. The number of hydrogen-bond donors (Lipinski definition) is 0. The predicted octanol–water partition coefficient (Wildman–Crippen LogP) is 3.24. The fraction of sp³-hybridized carbons (Fsp3) is 0.348. The van der Waals surface area contributed by atoms with Crippen molar-refractivity contribution in [3.63, 3.8) is 0 Å². The van der Waals surface area contributed by atoms with Gasteiger partial charge in [-0.15, -0.1) is 0 Å². The van der Waals surface area contributed by atoms with Crippen molar-refractivity contribution in [2.75, 3.05) is 45.9 Å². The summed E-state index contributed by atoms with van der Waals surface area (Å²) in [5.74, 6) is 0. The molecule has 1 aliphatic heterocycles. The van der Waals surface area contributed by atoms with E-state index >= 15 is 0 Å². The Morgan fingerprint density at radius 3 is 2.27 bits per heavy atom. The molecule has 30 heavy (non-hydrogen) atoms. The van der Waals surface area contributed by atoms with Crippen molar-refractivity contribution in [3.05, 3.63) is 60.9 Å². The molecule has 0 bridgehead atoms. The molecule has 2 aromatic rings. The Kier molecular flexibility index (Phi) is 6.43. The average molecular weight is 426 g/mol. The van der Waals surface area contributed by atoms with Crippen LogP contribution in [-0.2, 0) is 14.8 Å². The summed E-state index contributed by atoms with van der Waals surface area (Å²) in [5, 5.41) is 1.57. The highest BCUT2D eigenvalue weighted by atomic mass is 32.2. The van der Waals surface area contributed by atoms with Crippen LogP contribution in [0.15, 0.2) is 65.8 Å². The van der Waals surface area contributed by atoms with Crippen LogP contribution in [0.5, 0.6) is 0 Å². The van der Waals surface area contributed by atoms with Gasteiger partial charge in [-0.05, 0) is 30.2 Å². The third kappa shape index (κ3) is 4.39. The van der Waals surface area contributed by atoms with E-state index in [0.717, 1.165) is 30.4 Å². The van der Waals surface area contributed by atoms with E-state index in [1.54, 1.807) is 34.9 Å². The molecule has 5 rings (SSSR count). The van der Waals surface area contributed by atoms with E-state index in [2.05, 4.69) is 34.1 Å². The minimum absolute atomic E-state index is 0.366. The number of nitrogens with zero attached hydrogens (tertiary/aromatic N) is 3. The van der Waals surface area contributed by atoms with Gasteiger partial charge in [0.15, 0.2) is 0 Å². The molecule has 3 aliphatic rings. The Labute approximate surface area is 178 Å². The highest BCUT2D eigenvalue weighted by Gasteiger charge is 2.29. The van der Waals surface area contributed by atoms with E-state index < -0.39 is 10.0 Å². The molecule has 0 unspecified atom stereocenters. The topological polar surface area (TPSA) is 62.7 Å². The summed E-state index contributed by atoms with van der Waals surface area (Å²) in [6, 6.07) is 15.6. The van der Waals surface area contributed by atoms with Crippen LogP contribution in [0.25, 0.3) is 21.9 Å². The molecule has 0 saturated carbocycles. The first-order chi connectivity index (χ1) is 14.6. The molecule has 6 nitrogen and oxygen atoms in total. The first-order valence-electron chi connectivity index (χ1n) is 10.3. The van der Waals surface area contributed by atoms with Gasteiger partial charge >= 0.3 is 0 Å². The van der Waals surface area contributed by atoms with E-state index in [1.807, 2.05) is 13.0 Å². The number of sulfonamides is 1. The van der Waals surface area contributed by atoms with Gasteiger partial charge in [0.25, 0.3) is 0 Å². The molecule has 1 fully saturated rings. The molecule has 7 heteroatoms. The SMILES string of the molecule is CCOCCN1CCN(S(=O)(=O)c2cccc3cnccc23)CC1.c1cc2ccc1-2. The van der Waals surface area contributed by atoms with Crippen molar-refractivity contribution in [3.8, 4) is 11.1 Å². The number of pyridine rings is 1. The summed E-state index contributed by atoms with van der Waals surface area (Å²) < 4.78 is 33.0. The highest BCUT2D eigenvalue weighted by Crippen LogP contribution is 2.29. The summed E-state index contributed by atoms with van der Waals surface area (Å²) in [4.78, 5) is 6.68. The molecule has 2 aliphatic carbocycles. The molecule has 0 atom stereocenters. The maximum absolute atomic E-state index is 13.0. The molecular formula is C23H27N3O3S. The van der Waals surface area contributed by atoms with E-state index in [0.29, 0.717) is 31.2 Å². The Morgan fingerprint density at radius 2 is 1.67 bits per heavy atom. The molecule has 0 spiro atoms. The van der Waals surface area contributed by atoms with Crippen molar-refractivity contribution in [2.45, 2.75) is 11.8 Å². The van der Waals surface area contributed by atoms with Gasteiger partial charge in [-0.25, -0.2) is 8.42 Å². The third-order valence-electron chi connectivity index (χ3n) is 5.56. The fourth-order valence-electron chi connectivity index (χ4n) is 3.65. The number of aromatic nitrogens is 1. The lowest BCUT2D eigenvalue weighted by atomic mass is 9.95. The van der Waals surface area contributed by atoms with E-state index in [1.165, 1.54) is 11.1 Å². The zero-order valence-corrected chi connectivity index (χ0v) is 18.0. The van der Waals surface area contributed by atoms with Crippen molar-refractivity contribution < 1.29 is 13.2 Å². The Morgan fingerprint density at radius 1 is 0.967 bits per heavy atom. The standard InChI is InChI=1S/C17H23N3O3S.C6H4/c1-2-23-13-12-19-8-10-20(11-9-19)24(21,22)17-5-3-4-15-14-18-7-6-16(15)17;1-2-6-4-3-5(1)6/h3-7,14H,2,8-13H2,1H3;1-4H. The molecule has 2 heterocycles. The number of piperazine rings is 1. The predicted molar refractivity (Wildman–Crippen MR) is 119 cm³/mol. The van der Waals surface area contributed by atoms with Gasteiger partial charge < -0.3 is 4.74 Å². The zero-order chi connectivity index (χ0) is 21.0. The van der Waals surface area contributed by atoms with Gasteiger partial charge in [0.2, 0.25) is 10.0 Å². The number of fused-ring (bicyclic) bond motifs is 2. The van der Waals surface area contributed by atoms with Gasteiger partial charge in [-0.1, -0.05) is 36.4 Å². The van der Waals surface area contributed by atoms with Crippen molar-refractivity contribution >= 4 is 20.8 Å². The van der Waals surface area contributed by atoms with Crippen LogP contribution >= 0.6 is 0 Å².